The van der Waals surface area contributed by atoms with Gasteiger partial charge in [-0.2, -0.15) is 0 Å². The number of hydrogen-bond acceptors (Lipinski definition) is 4. The zero-order valence-electron chi connectivity index (χ0n) is 12.8. The molecule has 1 saturated carbocycles. The lowest BCUT2D eigenvalue weighted by Gasteiger charge is -2.18. The van der Waals surface area contributed by atoms with Crippen molar-refractivity contribution in [3.05, 3.63) is 24.3 Å². The summed E-state index contributed by atoms with van der Waals surface area (Å²) in [5, 5.41) is 3.32. The summed E-state index contributed by atoms with van der Waals surface area (Å²) in [6, 6.07) is 7.10. The third-order valence-corrected chi connectivity index (χ3v) is 5.25. The highest BCUT2D eigenvalue weighted by Crippen LogP contribution is 2.22. The van der Waals surface area contributed by atoms with Gasteiger partial charge in [-0.15, -0.1) is 0 Å². The van der Waals surface area contributed by atoms with Gasteiger partial charge in [0.2, 0.25) is 10.0 Å². The molecule has 2 rings (SSSR count). The second-order valence-corrected chi connectivity index (χ2v) is 7.09. The average molecular weight is 311 g/mol. The van der Waals surface area contributed by atoms with Crippen LogP contribution in [0.1, 0.15) is 26.7 Å². The predicted molar refractivity (Wildman–Crippen MR) is 86.1 cm³/mol. The molecule has 0 aromatic heterocycles. The first-order valence-corrected chi connectivity index (χ1v) is 9.12. The van der Waals surface area contributed by atoms with Crippen LogP contribution in [0.5, 0.6) is 0 Å². The van der Waals surface area contributed by atoms with E-state index >= 15 is 0 Å². The number of hydrogen-bond donors (Lipinski definition) is 2. The molecular weight excluding hydrogens is 286 g/mol. The van der Waals surface area contributed by atoms with Crippen molar-refractivity contribution in [1.82, 2.24) is 9.62 Å². The Kier molecular flexibility index (Phi) is 5.61. The third-order valence-electron chi connectivity index (χ3n) is 3.72. The molecule has 1 fully saturated rings. The van der Waals surface area contributed by atoms with Gasteiger partial charge in [0.1, 0.15) is 0 Å². The smallest absolute Gasteiger partial charge is 0.240 e. The van der Waals surface area contributed by atoms with Gasteiger partial charge in [0.25, 0.3) is 0 Å². The molecule has 0 bridgehead atoms. The Morgan fingerprint density at radius 2 is 1.76 bits per heavy atom. The second-order valence-electron chi connectivity index (χ2n) is 5.37. The minimum Gasteiger partial charge on any atom is -0.384 e. The molecule has 0 heterocycles. The van der Waals surface area contributed by atoms with Gasteiger partial charge < -0.3 is 10.2 Å². The summed E-state index contributed by atoms with van der Waals surface area (Å²) >= 11 is 0. The normalized spacial score (nSPS) is 15.4. The van der Waals surface area contributed by atoms with Crippen LogP contribution in [-0.2, 0) is 10.0 Å². The molecule has 0 saturated heterocycles. The predicted octanol–water partition coefficient (Wildman–Crippen LogP) is 1.88. The summed E-state index contributed by atoms with van der Waals surface area (Å²) < 4.78 is 26.8. The molecule has 0 radical (unpaired) electrons. The highest BCUT2D eigenvalue weighted by Gasteiger charge is 2.27. The molecule has 1 aliphatic carbocycles. The van der Waals surface area contributed by atoms with Crippen molar-refractivity contribution in [3.63, 3.8) is 0 Å². The molecule has 0 atom stereocenters. The highest BCUT2D eigenvalue weighted by atomic mass is 32.2. The quantitative estimate of drug-likeness (QED) is 0.731. The van der Waals surface area contributed by atoms with Crippen LogP contribution in [0.15, 0.2) is 29.2 Å². The first-order valence-electron chi connectivity index (χ1n) is 7.63. The SMILES string of the molecule is CCN(CC)CCNc1ccc(S(=O)(=O)NC2CC2)cc1. The standard InChI is InChI=1S/C15H25N3O2S/c1-3-18(4-2)12-11-16-13-7-9-15(10-8-13)21(19,20)17-14-5-6-14/h7-10,14,16-17H,3-6,11-12H2,1-2H3. The summed E-state index contributed by atoms with van der Waals surface area (Å²) in [4.78, 5) is 2.68. The third kappa shape index (κ3) is 4.98. The van der Waals surface area contributed by atoms with Crippen molar-refractivity contribution in [2.24, 2.45) is 0 Å². The molecule has 1 aliphatic rings. The fraction of sp³-hybridized carbons (Fsp3) is 0.600. The van der Waals surface area contributed by atoms with E-state index < -0.39 is 10.0 Å². The summed E-state index contributed by atoms with van der Waals surface area (Å²) in [7, 11) is -3.34. The van der Waals surface area contributed by atoms with Crippen LogP contribution in [0.4, 0.5) is 5.69 Å². The Morgan fingerprint density at radius 3 is 2.29 bits per heavy atom. The van der Waals surface area contributed by atoms with Gasteiger partial charge in [-0.05, 0) is 50.2 Å². The van der Waals surface area contributed by atoms with Crippen molar-refractivity contribution in [1.29, 1.82) is 0 Å². The Bertz CT molecular complexity index is 535. The van der Waals surface area contributed by atoms with Crippen LogP contribution < -0.4 is 10.0 Å². The van der Waals surface area contributed by atoms with E-state index in [1.165, 1.54) is 0 Å². The number of nitrogens with zero attached hydrogens (tertiary/aromatic N) is 1. The van der Waals surface area contributed by atoms with Crippen LogP contribution in [0.3, 0.4) is 0 Å². The molecule has 2 N–H and O–H groups in total. The van der Waals surface area contributed by atoms with Crippen molar-refractivity contribution in [2.75, 3.05) is 31.5 Å². The topological polar surface area (TPSA) is 61.4 Å². The van der Waals surface area contributed by atoms with Gasteiger partial charge in [-0.25, -0.2) is 13.1 Å². The number of sulfonamides is 1. The lowest BCUT2D eigenvalue weighted by atomic mass is 10.3. The number of nitrogens with one attached hydrogen (secondary N) is 2. The Hall–Kier alpha value is -1.11. The zero-order chi connectivity index (χ0) is 15.3. The fourth-order valence-corrected chi connectivity index (χ4v) is 3.44. The Labute approximate surface area is 127 Å². The van der Waals surface area contributed by atoms with E-state index in [4.69, 9.17) is 0 Å². The molecule has 0 amide bonds. The average Bonchev–Trinajstić information content (AvgIpc) is 3.27. The first-order chi connectivity index (χ1) is 10.0. The van der Waals surface area contributed by atoms with Crippen LogP contribution in [-0.4, -0.2) is 45.5 Å². The number of anilines is 1. The molecule has 0 aliphatic heterocycles. The van der Waals surface area contributed by atoms with Gasteiger partial charge in [-0.1, -0.05) is 13.8 Å². The maximum Gasteiger partial charge on any atom is 0.240 e. The van der Waals surface area contributed by atoms with Crippen molar-refractivity contribution in [3.8, 4) is 0 Å². The Balaban J connectivity index is 1.86. The van der Waals surface area contributed by atoms with E-state index in [1.807, 2.05) is 12.1 Å². The van der Waals surface area contributed by atoms with Gasteiger partial charge >= 0.3 is 0 Å². The van der Waals surface area contributed by atoms with E-state index in [0.29, 0.717) is 4.90 Å². The largest absolute Gasteiger partial charge is 0.384 e. The van der Waals surface area contributed by atoms with E-state index in [0.717, 1.165) is 44.7 Å². The number of rotatable bonds is 9. The van der Waals surface area contributed by atoms with E-state index in [1.54, 1.807) is 12.1 Å². The Morgan fingerprint density at radius 1 is 1.14 bits per heavy atom. The van der Waals surface area contributed by atoms with Crippen LogP contribution in [0, 0.1) is 0 Å². The first kappa shape index (κ1) is 16.3. The van der Waals surface area contributed by atoms with E-state index in [2.05, 4.69) is 28.8 Å². The molecule has 21 heavy (non-hydrogen) atoms. The molecule has 0 unspecified atom stereocenters. The molecule has 5 nitrogen and oxygen atoms in total. The monoisotopic (exact) mass is 311 g/mol. The van der Waals surface area contributed by atoms with Gasteiger partial charge in [0.15, 0.2) is 0 Å². The minimum atomic E-state index is -3.34. The number of likely N-dealkylation sites (N-methyl/N-ethyl adjacent to an activating group) is 1. The van der Waals surface area contributed by atoms with Crippen LogP contribution in [0.2, 0.25) is 0 Å². The lowest BCUT2D eigenvalue weighted by molar-refractivity contribution is 0.316. The molecule has 1 aromatic carbocycles. The molecule has 1 aromatic rings. The van der Waals surface area contributed by atoms with Gasteiger partial charge in [0.05, 0.1) is 4.90 Å². The molecule has 118 valence electrons. The maximum absolute atomic E-state index is 12.0. The molecular formula is C15H25N3O2S. The molecule has 6 heteroatoms. The van der Waals surface area contributed by atoms with Gasteiger partial charge in [0, 0.05) is 24.8 Å². The fourth-order valence-electron chi connectivity index (χ4n) is 2.14. The van der Waals surface area contributed by atoms with E-state index in [9.17, 15) is 8.42 Å². The lowest BCUT2D eigenvalue weighted by Crippen LogP contribution is -2.28. The maximum atomic E-state index is 12.0. The summed E-state index contributed by atoms with van der Waals surface area (Å²) in [5.74, 6) is 0. The van der Waals surface area contributed by atoms with Crippen LogP contribution >= 0.6 is 0 Å². The van der Waals surface area contributed by atoms with Crippen molar-refractivity contribution >= 4 is 15.7 Å². The van der Waals surface area contributed by atoms with Crippen molar-refractivity contribution in [2.45, 2.75) is 37.6 Å². The minimum absolute atomic E-state index is 0.141. The summed E-state index contributed by atoms with van der Waals surface area (Å²) in [6.07, 6.45) is 1.90. The second kappa shape index (κ2) is 7.24. The van der Waals surface area contributed by atoms with E-state index in [-0.39, 0.29) is 6.04 Å². The number of benzene rings is 1. The molecule has 0 spiro atoms. The van der Waals surface area contributed by atoms with Crippen LogP contribution in [0.25, 0.3) is 0 Å². The highest BCUT2D eigenvalue weighted by molar-refractivity contribution is 7.89. The summed E-state index contributed by atoms with van der Waals surface area (Å²) in [5.41, 5.74) is 0.951. The zero-order valence-corrected chi connectivity index (χ0v) is 13.6. The summed E-state index contributed by atoms with van der Waals surface area (Å²) in [6.45, 7) is 8.22. The van der Waals surface area contributed by atoms with Gasteiger partial charge in [-0.3, -0.25) is 0 Å². The van der Waals surface area contributed by atoms with Crippen molar-refractivity contribution < 1.29 is 8.42 Å².